The molecule has 6 atom stereocenters. The van der Waals surface area contributed by atoms with Crippen LogP contribution in [-0.4, -0.2) is 64.7 Å². The highest BCUT2D eigenvalue weighted by molar-refractivity contribution is 6.05. The Bertz CT molecular complexity index is 1190. The molecule has 3 fully saturated rings. The number of rotatable bonds is 8. The van der Waals surface area contributed by atoms with Crippen molar-refractivity contribution >= 4 is 29.1 Å². The molecule has 1 spiro atoms. The first-order valence-corrected chi connectivity index (χ1v) is 12.7. The normalized spacial score (nSPS) is 30.6. The molecule has 196 valence electrons. The van der Waals surface area contributed by atoms with Crippen LogP contribution in [0.3, 0.4) is 0 Å². The number of ether oxygens (including phenoxy) is 2. The molecule has 0 aromatic heterocycles. The zero-order valence-electron chi connectivity index (χ0n) is 21.3. The maximum absolute atomic E-state index is 14.0. The van der Waals surface area contributed by atoms with Gasteiger partial charge in [0.1, 0.15) is 17.4 Å². The van der Waals surface area contributed by atoms with Crippen molar-refractivity contribution in [1.82, 2.24) is 4.90 Å². The molecule has 3 N–H and O–H groups in total. The Kier molecular flexibility index (Phi) is 6.45. The van der Waals surface area contributed by atoms with Crippen molar-refractivity contribution in [1.29, 1.82) is 0 Å². The van der Waals surface area contributed by atoms with Gasteiger partial charge in [-0.15, -0.1) is 0 Å². The number of carbonyl (C=O) groups is 3. The Labute approximate surface area is 216 Å². The van der Waals surface area contributed by atoms with Crippen molar-refractivity contribution in [2.24, 2.45) is 11.8 Å². The second-order valence-electron chi connectivity index (χ2n) is 10.2. The molecule has 0 aliphatic carbocycles. The van der Waals surface area contributed by atoms with Crippen LogP contribution in [0.5, 0.6) is 5.75 Å². The Hall–Kier alpha value is -3.43. The quantitative estimate of drug-likeness (QED) is 0.506. The monoisotopic (exact) mass is 507 g/mol. The maximum atomic E-state index is 14.0. The van der Waals surface area contributed by atoms with E-state index in [1.54, 1.807) is 50.4 Å². The minimum atomic E-state index is -1.16. The van der Waals surface area contributed by atoms with Crippen LogP contribution in [0.4, 0.5) is 11.4 Å². The van der Waals surface area contributed by atoms with Gasteiger partial charge in [-0.3, -0.25) is 14.4 Å². The third-order valence-corrected chi connectivity index (χ3v) is 8.29. The Morgan fingerprint density at radius 1 is 1.08 bits per heavy atom. The molecule has 3 aliphatic heterocycles. The Morgan fingerprint density at radius 2 is 1.73 bits per heavy atom. The fourth-order valence-electron chi connectivity index (χ4n) is 6.54. The summed E-state index contributed by atoms with van der Waals surface area (Å²) in [6.07, 6.45) is 1.57. The topological polar surface area (TPSA) is 117 Å². The molecule has 3 heterocycles. The minimum absolute atomic E-state index is 0.291. The van der Waals surface area contributed by atoms with E-state index in [1.807, 2.05) is 25.1 Å². The number of amides is 3. The van der Waals surface area contributed by atoms with Gasteiger partial charge in [-0.2, -0.15) is 0 Å². The number of nitrogens with zero attached hydrogens (tertiary/aromatic N) is 1. The second kappa shape index (κ2) is 9.46. The van der Waals surface area contributed by atoms with Crippen LogP contribution in [0.25, 0.3) is 0 Å². The summed E-state index contributed by atoms with van der Waals surface area (Å²) in [7, 11) is 1.56. The van der Waals surface area contributed by atoms with Gasteiger partial charge >= 0.3 is 0 Å². The number of methoxy groups -OCH3 is 1. The number of anilines is 2. The Balaban J connectivity index is 1.52. The molecule has 3 amide bonds. The van der Waals surface area contributed by atoms with Gasteiger partial charge in [-0.25, -0.2) is 0 Å². The predicted molar refractivity (Wildman–Crippen MR) is 137 cm³/mol. The third kappa shape index (κ3) is 3.88. The number of aliphatic hydroxyl groups is 1. The molecule has 9 heteroatoms. The number of para-hydroxylation sites is 1. The van der Waals surface area contributed by atoms with Gasteiger partial charge in [0.2, 0.25) is 17.7 Å². The van der Waals surface area contributed by atoms with Crippen molar-refractivity contribution < 1.29 is 29.0 Å². The number of nitrogens with one attached hydrogen (secondary N) is 2. The molecule has 2 aromatic carbocycles. The minimum Gasteiger partial charge on any atom is -0.497 e. The molecule has 0 radical (unpaired) electrons. The third-order valence-electron chi connectivity index (χ3n) is 8.29. The van der Waals surface area contributed by atoms with Gasteiger partial charge < -0.3 is 30.1 Å². The fraction of sp³-hybridized carbons (Fsp3) is 0.464. The molecule has 2 unspecified atom stereocenters. The van der Waals surface area contributed by atoms with E-state index in [0.29, 0.717) is 36.4 Å². The van der Waals surface area contributed by atoms with Gasteiger partial charge in [0.25, 0.3) is 0 Å². The summed E-state index contributed by atoms with van der Waals surface area (Å²) in [5.74, 6) is -1.97. The fourth-order valence-corrected chi connectivity index (χ4v) is 6.54. The number of carbonyl (C=O) groups excluding carboxylic acids is 3. The zero-order valence-corrected chi connectivity index (χ0v) is 21.3. The maximum Gasteiger partial charge on any atom is 0.250 e. The molecule has 2 aromatic rings. The highest BCUT2D eigenvalue weighted by Crippen LogP contribution is 2.64. The number of benzene rings is 2. The van der Waals surface area contributed by atoms with Crippen molar-refractivity contribution in [2.45, 2.75) is 56.4 Å². The van der Waals surface area contributed by atoms with Gasteiger partial charge in [0.15, 0.2) is 0 Å². The van der Waals surface area contributed by atoms with Crippen LogP contribution < -0.4 is 15.4 Å². The molecule has 37 heavy (non-hydrogen) atoms. The van der Waals surface area contributed by atoms with Crippen LogP contribution in [0, 0.1) is 11.8 Å². The molecular weight excluding hydrogens is 474 g/mol. The average Bonchev–Trinajstić information content (AvgIpc) is 3.52. The van der Waals surface area contributed by atoms with E-state index in [1.165, 1.54) is 4.90 Å². The summed E-state index contributed by atoms with van der Waals surface area (Å²) in [5, 5.41) is 15.9. The van der Waals surface area contributed by atoms with Crippen molar-refractivity contribution in [2.75, 3.05) is 24.4 Å². The van der Waals surface area contributed by atoms with Gasteiger partial charge in [0, 0.05) is 11.4 Å². The number of hydrogen-bond donors (Lipinski definition) is 3. The van der Waals surface area contributed by atoms with E-state index in [9.17, 15) is 19.5 Å². The highest BCUT2D eigenvalue weighted by Gasteiger charge is 2.79. The first kappa shape index (κ1) is 25.2. The smallest absolute Gasteiger partial charge is 0.250 e. The predicted octanol–water partition coefficient (Wildman–Crippen LogP) is 2.81. The summed E-state index contributed by atoms with van der Waals surface area (Å²) in [6, 6.07) is 14.4. The SMILES string of the molecule is CC[C@]12CCC3(O1)C(C(=O)Nc1ccc(OC)cc1)N([C@H](C)CO)C(=O)[C@@H]3[C@H]2C(=O)Nc1ccccc1. The first-order valence-electron chi connectivity index (χ1n) is 12.7. The lowest BCUT2D eigenvalue weighted by molar-refractivity contribution is -0.147. The van der Waals surface area contributed by atoms with Crippen LogP contribution in [0.1, 0.15) is 33.1 Å². The second-order valence-corrected chi connectivity index (χ2v) is 10.2. The average molecular weight is 508 g/mol. The standard InChI is InChI=1S/C28H33N3O6/c1-4-27-14-15-28(37-27)22(21(27)24(33)29-18-8-6-5-7-9-18)26(35)31(17(2)16-32)23(28)25(34)30-19-10-12-20(36-3)13-11-19/h5-13,17,21-23,32H,4,14-16H2,1-3H3,(H,29,33)(H,30,34)/t17-,21+,22+,23?,27-,28?/m1/s1. The van der Waals surface area contributed by atoms with E-state index in [2.05, 4.69) is 10.6 Å². The largest absolute Gasteiger partial charge is 0.497 e. The van der Waals surface area contributed by atoms with Gasteiger partial charge in [-0.05, 0) is 62.6 Å². The molecule has 3 saturated heterocycles. The number of likely N-dealkylation sites (tertiary alicyclic amines) is 1. The lowest BCUT2D eigenvalue weighted by Gasteiger charge is -2.36. The number of aliphatic hydroxyl groups excluding tert-OH is 1. The molecule has 5 rings (SSSR count). The molecule has 0 saturated carbocycles. The summed E-state index contributed by atoms with van der Waals surface area (Å²) in [4.78, 5) is 43.0. The first-order chi connectivity index (χ1) is 17.8. The van der Waals surface area contributed by atoms with Crippen molar-refractivity contribution in [3.8, 4) is 5.75 Å². The zero-order chi connectivity index (χ0) is 26.4. The molecule has 9 nitrogen and oxygen atoms in total. The van der Waals surface area contributed by atoms with Crippen LogP contribution in [0.2, 0.25) is 0 Å². The number of fused-ring (bicyclic) bond motifs is 1. The van der Waals surface area contributed by atoms with Crippen LogP contribution in [-0.2, 0) is 19.1 Å². The summed E-state index contributed by atoms with van der Waals surface area (Å²) in [6.45, 7) is 3.33. The number of hydrogen-bond acceptors (Lipinski definition) is 6. The highest BCUT2D eigenvalue weighted by atomic mass is 16.5. The summed E-state index contributed by atoms with van der Waals surface area (Å²) < 4.78 is 11.9. The summed E-state index contributed by atoms with van der Waals surface area (Å²) >= 11 is 0. The van der Waals surface area contributed by atoms with Crippen LogP contribution >= 0.6 is 0 Å². The van der Waals surface area contributed by atoms with Gasteiger partial charge in [-0.1, -0.05) is 25.1 Å². The lowest BCUT2D eigenvalue weighted by Crippen LogP contribution is -2.55. The molecular formula is C28H33N3O6. The van der Waals surface area contributed by atoms with Crippen molar-refractivity contribution in [3.63, 3.8) is 0 Å². The van der Waals surface area contributed by atoms with Crippen LogP contribution in [0.15, 0.2) is 54.6 Å². The Morgan fingerprint density at radius 3 is 2.35 bits per heavy atom. The molecule has 2 bridgehead atoms. The summed E-state index contributed by atoms with van der Waals surface area (Å²) in [5.41, 5.74) is -0.820. The molecule has 3 aliphatic rings. The van der Waals surface area contributed by atoms with E-state index in [4.69, 9.17) is 9.47 Å². The van der Waals surface area contributed by atoms with E-state index >= 15 is 0 Å². The van der Waals surface area contributed by atoms with Crippen molar-refractivity contribution in [3.05, 3.63) is 54.6 Å². The lowest BCUT2D eigenvalue weighted by atomic mass is 9.65. The van der Waals surface area contributed by atoms with E-state index in [-0.39, 0.29) is 18.4 Å². The van der Waals surface area contributed by atoms with E-state index in [0.717, 1.165) is 0 Å². The van der Waals surface area contributed by atoms with E-state index < -0.39 is 41.0 Å². The van der Waals surface area contributed by atoms with Gasteiger partial charge in [0.05, 0.1) is 37.2 Å².